The van der Waals surface area contributed by atoms with Crippen molar-refractivity contribution in [2.75, 3.05) is 19.3 Å². The zero-order chi connectivity index (χ0) is 12.6. The zero-order valence-electron chi connectivity index (χ0n) is 11.2. The molecular weight excluding hydrogens is 220 g/mol. The van der Waals surface area contributed by atoms with Crippen molar-refractivity contribution >= 4 is 17.7 Å². The number of amides is 1. The lowest BCUT2D eigenvalue weighted by Crippen LogP contribution is -2.43. The van der Waals surface area contributed by atoms with Gasteiger partial charge >= 0.3 is 0 Å². The van der Waals surface area contributed by atoms with Crippen LogP contribution in [-0.2, 0) is 4.79 Å². The van der Waals surface area contributed by atoms with Crippen molar-refractivity contribution in [1.82, 2.24) is 10.6 Å². The predicted octanol–water partition coefficient (Wildman–Crippen LogP) is 2.02. The van der Waals surface area contributed by atoms with Crippen molar-refractivity contribution in [3.8, 4) is 0 Å². The molecule has 0 rings (SSSR count). The van der Waals surface area contributed by atoms with E-state index in [0.717, 1.165) is 19.4 Å². The molecule has 0 aromatic carbocycles. The Balaban J connectivity index is 3.91. The third-order valence-corrected chi connectivity index (χ3v) is 4.49. The number of carbonyl (C=O) groups excluding carboxylic acids is 1. The Hall–Kier alpha value is -0.220. The van der Waals surface area contributed by atoms with Crippen LogP contribution in [-0.4, -0.2) is 36.0 Å². The van der Waals surface area contributed by atoms with E-state index in [1.165, 1.54) is 0 Å². The van der Waals surface area contributed by atoms with Crippen LogP contribution < -0.4 is 10.6 Å². The lowest BCUT2D eigenvalue weighted by atomic mass is 10.0. The van der Waals surface area contributed by atoms with Crippen molar-refractivity contribution in [2.45, 2.75) is 51.3 Å². The van der Waals surface area contributed by atoms with Crippen molar-refractivity contribution in [3.63, 3.8) is 0 Å². The monoisotopic (exact) mass is 246 g/mol. The second-order valence-electron chi connectivity index (χ2n) is 4.42. The van der Waals surface area contributed by atoms with Crippen molar-refractivity contribution in [1.29, 1.82) is 0 Å². The average Bonchev–Trinajstić information content (AvgIpc) is 2.24. The molecule has 0 aromatic rings. The Morgan fingerprint density at radius 3 is 2.25 bits per heavy atom. The van der Waals surface area contributed by atoms with Gasteiger partial charge in [0.1, 0.15) is 0 Å². The molecule has 4 heteroatoms. The number of rotatable bonds is 8. The molecule has 0 spiro atoms. The normalized spacial score (nSPS) is 11.9. The van der Waals surface area contributed by atoms with E-state index in [1.54, 1.807) is 0 Å². The summed E-state index contributed by atoms with van der Waals surface area (Å²) in [6.07, 6.45) is 4.40. The molecule has 96 valence electrons. The lowest BCUT2D eigenvalue weighted by molar-refractivity contribution is -0.120. The largest absolute Gasteiger partial charge is 0.353 e. The molecule has 1 amide bonds. The first-order valence-corrected chi connectivity index (χ1v) is 7.27. The van der Waals surface area contributed by atoms with E-state index < -0.39 is 0 Å². The molecule has 3 nitrogen and oxygen atoms in total. The minimum atomic E-state index is 0.0807. The van der Waals surface area contributed by atoms with Crippen LogP contribution in [0.5, 0.6) is 0 Å². The first-order chi connectivity index (χ1) is 7.49. The van der Waals surface area contributed by atoms with Gasteiger partial charge in [-0.3, -0.25) is 4.79 Å². The second-order valence-corrected chi connectivity index (χ2v) is 5.69. The molecule has 16 heavy (non-hydrogen) atoms. The van der Waals surface area contributed by atoms with E-state index in [9.17, 15) is 4.79 Å². The van der Waals surface area contributed by atoms with Gasteiger partial charge in [0.2, 0.25) is 5.91 Å². The summed E-state index contributed by atoms with van der Waals surface area (Å²) in [5.41, 5.74) is 0. The van der Waals surface area contributed by atoms with E-state index in [2.05, 4.69) is 30.7 Å². The molecule has 0 radical (unpaired) electrons. The number of carbonyl (C=O) groups is 1. The predicted molar refractivity (Wildman–Crippen MR) is 73.0 cm³/mol. The molecule has 0 saturated carbocycles. The lowest BCUT2D eigenvalue weighted by Gasteiger charge is -2.29. The van der Waals surface area contributed by atoms with Gasteiger partial charge in [-0.05, 0) is 32.9 Å². The van der Waals surface area contributed by atoms with Crippen molar-refractivity contribution in [2.24, 2.45) is 0 Å². The van der Waals surface area contributed by atoms with Crippen molar-refractivity contribution < 1.29 is 4.79 Å². The molecule has 0 heterocycles. The summed E-state index contributed by atoms with van der Waals surface area (Å²) in [5.74, 6) is 0.0807. The minimum absolute atomic E-state index is 0.0807. The third kappa shape index (κ3) is 5.75. The fourth-order valence-electron chi connectivity index (χ4n) is 1.64. The van der Waals surface area contributed by atoms with E-state index >= 15 is 0 Å². The van der Waals surface area contributed by atoms with Gasteiger partial charge in [0, 0.05) is 17.3 Å². The molecule has 0 atom stereocenters. The van der Waals surface area contributed by atoms with Gasteiger partial charge in [-0.1, -0.05) is 13.8 Å². The number of hydrogen-bond donors (Lipinski definition) is 2. The number of thioether (sulfide) groups is 1. The minimum Gasteiger partial charge on any atom is -0.353 e. The molecular formula is C12H26N2OS. The Kier molecular flexibility index (Phi) is 7.85. The molecule has 0 aliphatic heterocycles. The van der Waals surface area contributed by atoms with Gasteiger partial charge in [-0.25, -0.2) is 0 Å². The van der Waals surface area contributed by atoms with Crippen LogP contribution in [0.25, 0.3) is 0 Å². The summed E-state index contributed by atoms with van der Waals surface area (Å²) in [6, 6.07) is 0.219. The van der Waals surface area contributed by atoms with Crippen LogP contribution in [0.2, 0.25) is 0 Å². The van der Waals surface area contributed by atoms with Crippen molar-refractivity contribution in [3.05, 3.63) is 0 Å². The standard InChI is InChI=1S/C12H26N2OS/c1-6-12(7-2,16-5)9-13-8-11(15)14-10(3)4/h10,13H,6-9H2,1-5H3,(H,14,15). The zero-order valence-corrected chi connectivity index (χ0v) is 12.0. The van der Waals surface area contributed by atoms with Crippen LogP contribution in [0.15, 0.2) is 0 Å². The SMILES string of the molecule is CCC(CC)(CNCC(=O)NC(C)C)SC. The van der Waals surface area contributed by atoms with Gasteiger partial charge in [0.25, 0.3) is 0 Å². The number of hydrogen-bond acceptors (Lipinski definition) is 3. The highest BCUT2D eigenvalue weighted by Gasteiger charge is 2.24. The molecule has 0 aliphatic carbocycles. The van der Waals surface area contributed by atoms with E-state index in [-0.39, 0.29) is 16.7 Å². The summed E-state index contributed by atoms with van der Waals surface area (Å²) in [4.78, 5) is 11.4. The van der Waals surface area contributed by atoms with Gasteiger partial charge in [-0.15, -0.1) is 0 Å². The highest BCUT2D eigenvalue weighted by atomic mass is 32.2. The first-order valence-electron chi connectivity index (χ1n) is 6.05. The molecule has 0 aromatic heterocycles. The maximum absolute atomic E-state index is 11.4. The highest BCUT2D eigenvalue weighted by molar-refractivity contribution is 8.00. The van der Waals surface area contributed by atoms with E-state index in [0.29, 0.717) is 6.54 Å². The Labute approximate surface area is 104 Å². The molecule has 0 saturated heterocycles. The van der Waals surface area contributed by atoms with Gasteiger partial charge in [0.15, 0.2) is 0 Å². The van der Waals surface area contributed by atoms with E-state index in [4.69, 9.17) is 0 Å². The molecule has 0 fully saturated rings. The Morgan fingerprint density at radius 2 is 1.88 bits per heavy atom. The summed E-state index contributed by atoms with van der Waals surface area (Å²) in [6.45, 7) is 9.67. The first kappa shape index (κ1) is 15.8. The van der Waals surface area contributed by atoms with Crippen LogP contribution in [0.1, 0.15) is 40.5 Å². The van der Waals surface area contributed by atoms with E-state index in [1.807, 2.05) is 25.6 Å². The third-order valence-electron chi connectivity index (χ3n) is 2.90. The Bertz CT molecular complexity index is 195. The van der Waals surface area contributed by atoms with Crippen LogP contribution in [0.4, 0.5) is 0 Å². The Morgan fingerprint density at radius 1 is 1.31 bits per heavy atom. The topological polar surface area (TPSA) is 41.1 Å². The molecule has 0 aliphatic rings. The van der Waals surface area contributed by atoms with Crippen LogP contribution in [0.3, 0.4) is 0 Å². The van der Waals surface area contributed by atoms with Gasteiger partial charge < -0.3 is 10.6 Å². The maximum atomic E-state index is 11.4. The number of nitrogens with one attached hydrogen (secondary N) is 2. The fourth-order valence-corrected chi connectivity index (χ4v) is 2.46. The fraction of sp³-hybridized carbons (Fsp3) is 0.917. The maximum Gasteiger partial charge on any atom is 0.234 e. The second kappa shape index (κ2) is 7.96. The summed E-state index contributed by atoms with van der Waals surface area (Å²) >= 11 is 1.89. The summed E-state index contributed by atoms with van der Waals surface area (Å²) in [5, 5.41) is 6.13. The summed E-state index contributed by atoms with van der Waals surface area (Å²) < 4.78 is 0.276. The molecule has 0 bridgehead atoms. The smallest absolute Gasteiger partial charge is 0.234 e. The highest BCUT2D eigenvalue weighted by Crippen LogP contribution is 2.29. The molecule has 0 unspecified atom stereocenters. The molecule has 2 N–H and O–H groups in total. The quantitative estimate of drug-likeness (QED) is 0.688. The van der Waals surface area contributed by atoms with Gasteiger partial charge in [0.05, 0.1) is 6.54 Å². The average molecular weight is 246 g/mol. The van der Waals surface area contributed by atoms with Crippen LogP contribution in [0, 0.1) is 0 Å². The van der Waals surface area contributed by atoms with Crippen LogP contribution >= 0.6 is 11.8 Å². The van der Waals surface area contributed by atoms with Gasteiger partial charge in [-0.2, -0.15) is 11.8 Å². The summed E-state index contributed by atoms with van der Waals surface area (Å²) in [7, 11) is 0.